The molecule has 0 heterocycles. The summed E-state index contributed by atoms with van der Waals surface area (Å²) < 4.78 is 29.1. The molecule has 0 aromatic heterocycles. The van der Waals surface area contributed by atoms with Gasteiger partial charge in [-0.15, -0.1) is 0 Å². The van der Waals surface area contributed by atoms with Gasteiger partial charge in [0.05, 0.1) is 17.0 Å². The number of sulfonamides is 1. The van der Waals surface area contributed by atoms with Crippen molar-refractivity contribution in [2.75, 3.05) is 6.44 Å². The van der Waals surface area contributed by atoms with Crippen molar-refractivity contribution in [3.05, 3.63) is 102 Å². The second-order valence-electron chi connectivity index (χ2n) is 7.10. The van der Waals surface area contributed by atoms with Gasteiger partial charge in [-0.25, -0.2) is 13.1 Å². The van der Waals surface area contributed by atoms with Gasteiger partial charge in [0, 0.05) is 6.44 Å². The summed E-state index contributed by atoms with van der Waals surface area (Å²) in [5.41, 5.74) is 2.54. The Kier molecular flexibility index (Phi) is 7.41. The zero-order valence-corrected chi connectivity index (χ0v) is 17.5. The zero-order chi connectivity index (χ0) is 21.6. The Balaban J connectivity index is 2.03. The highest BCUT2D eigenvalue weighted by atomic mass is 32.2. The van der Waals surface area contributed by atoms with Gasteiger partial charge in [0.25, 0.3) is 0 Å². The number of benzene rings is 3. The van der Waals surface area contributed by atoms with Gasteiger partial charge in [-0.3, -0.25) is 0 Å². The van der Waals surface area contributed by atoms with Crippen LogP contribution in [0, 0.1) is 6.92 Å². The highest BCUT2D eigenvalue weighted by Gasteiger charge is 2.30. The van der Waals surface area contributed by atoms with Gasteiger partial charge >= 0.3 is 7.12 Å². The van der Waals surface area contributed by atoms with Gasteiger partial charge in [0.15, 0.2) is 0 Å². The Morgan fingerprint density at radius 1 is 0.800 bits per heavy atom. The maximum Gasteiger partial charge on any atom is 0.466 e. The van der Waals surface area contributed by atoms with E-state index in [1.807, 2.05) is 67.6 Å². The van der Waals surface area contributed by atoms with Crippen molar-refractivity contribution < 1.29 is 18.5 Å². The quantitative estimate of drug-likeness (QED) is 0.396. The molecule has 0 spiro atoms. The smallest absolute Gasteiger partial charge is 0.426 e. The van der Waals surface area contributed by atoms with Crippen LogP contribution in [0.5, 0.6) is 0 Å². The molecule has 0 fully saturated rings. The summed E-state index contributed by atoms with van der Waals surface area (Å²) in [4.78, 5) is 0.169. The molecular weight excluding hydrogens is 399 g/mol. The summed E-state index contributed by atoms with van der Waals surface area (Å²) in [7, 11) is -5.40. The molecule has 0 aliphatic carbocycles. The third kappa shape index (κ3) is 5.78. The monoisotopic (exact) mass is 424 g/mol. The Bertz CT molecular complexity index is 1030. The summed E-state index contributed by atoms with van der Waals surface area (Å²) in [5, 5.41) is 21.9. The highest BCUT2D eigenvalue weighted by Crippen LogP contribution is 2.30. The number of hydrogen-bond donors (Lipinski definition) is 4. The lowest BCUT2D eigenvalue weighted by Crippen LogP contribution is -2.42. The van der Waals surface area contributed by atoms with Gasteiger partial charge in [0.2, 0.25) is 10.0 Å². The first-order chi connectivity index (χ1) is 14.4. The lowest BCUT2D eigenvalue weighted by atomic mass is 9.88. The zero-order valence-electron chi connectivity index (χ0n) is 16.6. The number of hydrogen-bond acceptors (Lipinski definition) is 5. The molecule has 156 valence electrons. The highest BCUT2D eigenvalue weighted by molar-refractivity contribution is 7.89. The third-order valence-corrected chi connectivity index (χ3v) is 6.24. The average Bonchev–Trinajstić information content (AvgIpc) is 2.74. The van der Waals surface area contributed by atoms with Crippen molar-refractivity contribution in [1.82, 2.24) is 10.0 Å². The minimum absolute atomic E-state index is 0.116. The van der Waals surface area contributed by atoms with Crippen molar-refractivity contribution in [3.63, 3.8) is 0 Å². The van der Waals surface area contributed by atoms with Gasteiger partial charge in [-0.2, -0.15) is 0 Å². The van der Waals surface area contributed by atoms with E-state index in [0.717, 1.165) is 16.7 Å². The minimum atomic E-state index is -3.83. The number of nitrogens with one attached hydrogen (secondary N) is 2. The van der Waals surface area contributed by atoms with Crippen molar-refractivity contribution >= 4 is 17.1 Å². The van der Waals surface area contributed by atoms with Crippen LogP contribution in [0.2, 0.25) is 0 Å². The van der Waals surface area contributed by atoms with Crippen LogP contribution in [0.3, 0.4) is 0 Å². The molecule has 0 amide bonds. The normalized spacial score (nSPS) is 13.6. The van der Waals surface area contributed by atoms with Gasteiger partial charge < -0.3 is 15.4 Å². The van der Waals surface area contributed by atoms with E-state index in [0.29, 0.717) is 0 Å². The van der Waals surface area contributed by atoms with Crippen LogP contribution in [-0.4, -0.2) is 32.0 Å². The maximum atomic E-state index is 13.2. The predicted octanol–water partition coefficient (Wildman–Crippen LogP) is 2.36. The van der Waals surface area contributed by atoms with E-state index in [-0.39, 0.29) is 11.3 Å². The second-order valence-corrected chi connectivity index (χ2v) is 8.81. The molecule has 4 N–H and O–H groups in total. The van der Waals surface area contributed by atoms with E-state index < -0.39 is 29.2 Å². The molecule has 6 nitrogen and oxygen atoms in total. The molecular formula is C22H25BN2O4S. The summed E-state index contributed by atoms with van der Waals surface area (Å²) in [5.74, 6) is 0. The van der Waals surface area contributed by atoms with Crippen LogP contribution in [0.1, 0.15) is 28.8 Å². The molecule has 0 saturated heterocycles. The van der Waals surface area contributed by atoms with Gasteiger partial charge in [-0.1, -0.05) is 78.4 Å². The fourth-order valence-corrected chi connectivity index (χ4v) is 4.50. The van der Waals surface area contributed by atoms with Crippen LogP contribution in [0.4, 0.5) is 0 Å². The molecule has 3 aromatic rings. The van der Waals surface area contributed by atoms with E-state index in [2.05, 4.69) is 10.0 Å². The van der Waals surface area contributed by atoms with Crippen LogP contribution >= 0.6 is 0 Å². The molecule has 0 aliphatic rings. The van der Waals surface area contributed by atoms with E-state index in [1.54, 1.807) is 24.3 Å². The van der Waals surface area contributed by atoms with E-state index >= 15 is 0 Å². The number of rotatable bonds is 9. The molecule has 0 aliphatic heterocycles. The molecule has 0 saturated carbocycles. The first-order valence-corrected chi connectivity index (χ1v) is 11.1. The first kappa shape index (κ1) is 22.2. The maximum absolute atomic E-state index is 13.2. The van der Waals surface area contributed by atoms with Gasteiger partial charge in [-0.05, 0) is 30.2 Å². The van der Waals surface area contributed by atoms with Crippen molar-refractivity contribution in [1.29, 1.82) is 0 Å². The Morgan fingerprint density at radius 3 is 1.80 bits per heavy atom. The average molecular weight is 424 g/mol. The fourth-order valence-electron chi connectivity index (χ4n) is 3.26. The molecule has 2 atom stereocenters. The van der Waals surface area contributed by atoms with Crippen molar-refractivity contribution in [2.45, 2.75) is 23.9 Å². The van der Waals surface area contributed by atoms with Crippen LogP contribution < -0.4 is 10.0 Å². The van der Waals surface area contributed by atoms with Gasteiger partial charge in [0.1, 0.15) is 0 Å². The lowest BCUT2D eigenvalue weighted by Gasteiger charge is -2.30. The predicted molar refractivity (Wildman–Crippen MR) is 118 cm³/mol. The Morgan fingerprint density at radius 2 is 1.30 bits per heavy atom. The number of aryl methyl sites for hydroxylation is 1. The Hall–Kier alpha value is -2.49. The first-order valence-electron chi connectivity index (χ1n) is 9.65. The largest absolute Gasteiger partial charge is 0.466 e. The summed E-state index contributed by atoms with van der Waals surface area (Å²) in [6.07, 6.45) is -0.116. The van der Waals surface area contributed by atoms with Crippen molar-refractivity contribution in [2.24, 2.45) is 0 Å². The van der Waals surface area contributed by atoms with E-state index in [9.17, 15) is 18.5 Å². The standard InChI is InChI=1S/C22H25BN2O4S/c1-17-12-14-20(15-13-17)30(28,29)25-22(19-10-6-3-7-11-19)21(24-16-23(26)27)18-8-4-2-5-9-18/h2-15,21-22,24-27H,16H2,1H3. The van der Waals surface area contributed by atoms with E-state index in [4.69, 9.17) is 0 Å². The lowest BCUT2D eigenvalue weighted by molar-refractivity contribution is 0.377. The molecule has 3 rings (SSSR count). The summed E-state index contributed by atoms with van der Waals surface area (Å²) in [6, 6.07) is 24.0. The third-order valence-electron chi connectivity index (χ3n) is 4.78. The van der Waals surface area contributed by atoms with E-state index in [1.165, 1.54) is 0 Å². The molecule has 30 heavy (non-hydrogen) atoms. The second kappa shape index (κ2) is 10.0. The van der Waals surface area contributed by atoms with Crippen LogP contribution in [0.15, 0.2) is 89.8 Å². The molecule has 0 radical (unpaired) electrons. The topological polar surface area (TPSA) is 98.7 Å². The molecule has 8 heteroatoms. The van der Waals surface area contributed by atoms with Crippen LogP contribution in [-0.2, 0) is 10.0 Å². The SMILES string of the molecule is Cc1ccc(S(=O)(=O)NC(c2ccccc2)C(NCB(O)O)c2ccccc2)cc1. The van der Waals surface area contributed by atoms with Crippen LogP contribution in [0.25, 0.3) is 0 Å². The minimum Gasteiger partial charge on any atom is -0.426 e. The van der Waals surface area contributed by atoms with Crippen molar-refractivity contribution in [3.8, 4) is 0 Å². The Labute approximate surface area is 177 Å². The molecule has 3 aromatic carbocycles. The fraction of sp³-hybridized carbons (Fsp3) is 0.182. The summed E-state index contributed by atoms with van der Waals surface area (Å²) >= 11 is 0. The molecule has 0 bridgehead atoms. The molecule has 2 unspecified atom stereocenters. The summed E-state index contributed by atoms with van der Waals surface area (Å²) in [6.45, 7) is 1.89.